The zero-order chi connectivity index (χ0) is 26.6. The van der Waals surface area contributed by atoms with Gasteiger partial charge in [-0.15, -0.1) is 0 Å². The maximum absolute atomic E-state index is 5.75. The summed E-state index contributed by atoms with van der Waals surface area (Å²) in [5.74, 6) is 1.80. The first kappa shape index (κ1) is 31.1. The average molecular weight is 523 g/mol. The van der Waals surface area contributed by atoms with E-state index in [1.54, 1.807) is 14.2 Å². The van der Waals surface area contributed by atoms with Crippen LogP contribution in [0, 0.1) is 0 Å². The Balaban J connectivity index is 1.67. The number of hydrogen-bond acceptors (Lipinski definition) is 3. The summed E-state index contributed by atoms with van der Waals surface area (Å²) >= 11 is 5.57. The molecule has 0 fully saturated rings. The van der Waals surface area contributed by atoms with E-state index in [0.29, 0.717) is 0 Å². The predicted octanol–water partition coefficient (Wildman–Crippen LogP) is 10.5. The van der Waals surface area contributed by atoms with Gasteiger partial charge < -0.3 is 9.47 Å². The molecule has 0 aliphatic rings. The van der Waals surface area contributed by atoms with E-state index < -0.39 is 0 Å². The van der Waals surface area contributed by atoms with Crippen LogP contribution in [-0.2, 0) is 6.42 Å². The van der Waals surface area contributed by atoms with E-state index in [9.17, 15) is 0 Å². The Labute approximate surface area is 232 Å². The number of rotatable bonds is 21. The second kappa shape index (κ2) is 19.9. The van der Waals surface area contributed by atoms with Crippen molar-refractivity contribution in [3.63, 3.8) is 0 Å². The molecule has 2 aromatic carbocycles. The summed E-state index contributed by atoms with van der Waals surface area (Å²) in [7, 11) is 3.49. The van der Waals surface area contributed by atoms with Gasteiger partial charge in [-0.25, -0.2) is 0 Å². The number of methoxy groups -OCH3 is 2. The highest BCUT2D eigenvalue weighted by Crippen LogP contribution is 2.33. The Morgan fingerprint density at radius 2 is 1.14 bits per heavy atom. The maximum Gasteiger partial charge on any atom is 0.126 e. The van der Waals surface area contributed by atoms with Crippen LogP contribution in [0.5, 0.6) is 11.5 Å². The normalized spacial score (nSPS) is 11.2. The van der Waals surface area contributed by atoms with Crippen LogP contribution in [-0.4, -0.2) is 19.1 Å². The van der Waals surface area contributed by atoms with Crippen LogP contribution in [0.15, 0.2) is 48.5 Å². The molecule has 0 heterocycles. The lowest BCUT2D eigenvalue weighted by Crippen LogP contribution is -1.99. The van der Waals surface area contributed by atoms with E-state index in [-0.39, 0.29) is 0 Å². The summed E-state index contributed by atoms with van der Waals surface area (Å²) in [6.07, 6.45) is 25.7. The summed E-state index contributed by atoms with van der Waals surface area (Å²) in [6, 6.07) is 14.3. The van der Waals surface area contributed by atoms with Gasteiger partial charge in [-0.05, 0) is 42.2 Å². The third kappa shape index (κ3) is 12.8. The van der Waals surface area contributed by atoms with Crippen LogP contribution in [0.2, 0.25) is 0 Å². The van der Waals surface area contributed by atoms with Crippen LogP contribution < -0.4 is 9.47 Å². The molecule has 0 saturated heterocycles. The number of allylic oxidation sites excluding steroid dienone is 1. The topological polar surface area (TPSA) is 18.5 Å². The van der Waals surface area contributed by atoms with E-state index in [4.69, 9.17) is 21.7 Å². The van der Waals surface area contributed by atoms with E-state index >= 15 is 0 Å². The largest absolute Gasteiger partial charge is 0.496 e. The summed E-state index contributed by atoms with van der Waals surface area (Å²) in [5.41, 5.74) is 3.26. The van der Waals surface area contributed by atoms with E-state index in [0.717, 1.165) is 40.3 Å². The number of benzene rings is 2. The molecule has 2 aromatic rings. The summed E-state index contributed by atoms with van der Waals surface area (Å²) < 4.78 is 11.5. The number of ether oxygens (including phenoxy) is 2. The predicted molar refractivity (Wildman–Crippen MR) is 165 cm³/mol. The molecule has 0 N–H and O–H groups in total. The molecule has 0 unspecified atom stereocenters. The van der Waals surface area contributed by atoms with E-state index in [2.05, 4.69) is 19.1 Å². The van der Waals surface area contributed by atoms with Gasteiger partial charge >= 0.3 is 0 Å². The maximum atomic E-state index is 5.75. The van der Waals surface area contributed by atoms with Gasteiger partial charge in [0.25, 0.3) is 0 Å². The van der Waals surface area contributed by atoms with Crippen molar-refractivity contribution >= 4 is 23.2 Å². The SMILES string of the molecule is CCCCCCCCCCCCCCCCCc1c(OC)cc(C=CC(=S)c2ccccc2)cc1OC. The van der Waals surface area contributed by atoms with Gasteiger partial charge in [-0.2, -0.15) is 0 Å². The van der Waals surface area contributed by atoms with E-state index in [1.165, 1.54) is 95.5 Å². The Morgan fingerprint density at radius 3 is 1.59 bits per heavy atom. The molecule has 2 rings (SSSR count). The molecule has 2 nitrogen and oxygen atoms in total. The zero-order valence-corrected chi connectivity index (χ0v) is 24.6. The molecule has 0 aliphatic carbocycles. The summed E-state index contributed by atoms with van der Waals surface area (Å²) in [4.78, 5) is 0.820. The Hall–Kier alpha value is -2.13. The lowest BCUT2D eigenvalue weighted by atomic mass is 10.0. The van der Waals surface area contributed by atoms with Crippen LogP contribution >= 0.6 is 12.2 Å². The van der Waals surface area contributed by atoms with Crippen molar-refractivity contribution in [2.45, 2.75) is 110 Å². The summed E-state index contributed by atoms with van der Waals surface area (Å²) in [6.45, 7) is 2.29. The molecule has 0 amide bonds. The van der Waals surface area contributed by atoms with Crippen molar-refractivity contribution in [2.24, 2.45) is 0 Å². The zero-order valence-electron chi connectivity index (χ0n) is 23.7. The van der Waals surface area contributed by atoms with Gasteiger partial charge in [-0.1, -0.05) is 145 Å². The van der Waals surface area contributed by atoms with Crippen molar-refractivity contribution in [1.82, 2.24) is 0 Å². The monoisotopic (exact) mass is 522 g/mol. The lowest BCUT2D eigenvalue weighted by Gasteiger charge is -2.14. The van der Waals surface area contributed by atoms with Crippen LogP contribution in [0.25, 0.3) is 6.08 Å². The highest BCUT2D eigenvalue weighted by atomic mass is 32.1. The minimum Gasteiger partial charge on any atom is -0.496 e. The minimum atomic E-state index is 0.820. The smallest absolute Gasteiger partial charge is 0.126 e. The van der Waals surface area contributed by atoms with Gasteiger partial charge in [0.15, 0.2) is 0 Å². The summed E-state index contributed by atoms with van der Waals surface area (Å²) in [5, 5.41) is 0. The van der Waals surface area contributed by atoms with Crippen molar-refractivity contribution in [1.29, 1.82) is 0 Å². The van der Waals surface area contributed by atoms with Crippen molar-refractivity contribution in [3.8, 4) is 11.5 Å². The molecule has 37 heavy (non-hydrogen) atoms. The highest BCUT2D eigenvalue weighted by Gasteiger charge is 2.12. The van der Waals surface area contributed by atoms with Gasteiger partial charge in [0.1, 0.15) is 11.5 Å². The molecule has 0 radical (unpaired) electrons. The molecule has 3 heteroatoms. The fraction of sp³-hybridized carbons (Fsp3) is 0.559. The minimum absolute atomic E-state index is 0.820. The fourth-order valence-electron chi connectivity index (χ4n) is 4.89. The third-order valence-corrected chi connectivity index (χ3v) is 7.52. The molecule has 0 aromatic heterocycles. The van der Waals surface area contributed by atoms with Gasteiger partial charge in [0.05, 0.1) is 14.2 Å². The van der Waals surface area contributed by atoms with Crippen LogP contribution in [0.1, 0.15) is 120 Å². The number of hydrogen-bond donors (Lipinski definition) is 0. The Morgan fingerprint density at radius 1 is 0.676 bits per heavy atom. The molecule has 204 valence electrons. The van der Waals surface area contributed by atoms with Crippen molar-refractivity contribution in [2.75, 3.05) is 14.2 Å². The standard InChI is InChI=1S/C34H50O2S/c1-4-5-6-7-8-9-10-11-12-13-14-15-16-17-21-24-31-32(35-2)27-29(28-33(31)36-3)25-26-34(37)30-22-19-18-20-23-30/h18-20,22-23,25-28H,4-17,21,24H2,1-3H3. The molecular formula is C34H50O2S. The molecule has 0 saturated carbocycles. The third-order valence-electron chi connectivity index (χ3n) is 7.15. The first-order valence-electron chi connectivity index (χ1n) is 14.7. The fourth-order valence-corrected chi connectivity index (χ4v) is 5.09. The molecule has 0 atom stereocenters. The van der Waals surface area contributed by atoms with Gasteiger partial charge in [-0.3, -0.25) is 0 Å². The van der Waals surface area contributed by atoms with Gasteiger partial charge in [0.2, 0.25) is 0 Å². The molecule has 0 spiro atoms. The van der Waals surface area contributed by atoms with E-state index in [1.807, 2.05) is 42.5 Å². The first-order chi connectivity index (χ1) is 18.2. The van der Waals surface area contributed by atoms with Crippen molar-refractivity contribution < 1.29 is 9.47 Å². The molecular weight excluding hydrogens is 472 g/mol. The van der Waals surface area contributed by atoms with Crippen LogP contribution in [0.4, 0.5) is 0 Å². The van der Waals surface area contributed by atoms with Crippen LogP contribution in [0.3, 0.4) is 0 Å². The average Bonchev–Trinajstić information content (AvgIpc) is 2.94. The lowest BCUT2D eigenvalue weighted by molar-refractivity contribution is 0.383. The molecule has 0 aliphatic heterocycles. The Kier molecular flexibility index (Phi) is 16.7. The van der Waals surface area contributed by atoms with Gasteiger partial charge in [0, 0.05) is 10.4 Å². The molecule has 0 bridgehead atoms. The second-order valence-corrected chi connectivity index (χ2v) is 10.6. The highest BCUT2D eigenvalue weighted by molar-refractivity contribution is 7.81. The quantitative estimate of drug-likeness (QED) is 0.0703. The number of unbranched alkanes of at least 4 members (excludes halogenated alkanes) is 14. The Bertz CT molecular complexity index is 878. The second-order valence-electron chi connectivity index (χ2n) is 10.2. The van der Waals surface area contributed by atoms with Crippen molar-refractivity contribution in [3.05, 3.63) is 65.2 Å². The number of thiocarbonyl (C=S) groups is 1. The first-order valence-corrected chi connectivity index (χ1v) is 15.1.